The molecule has 0 bridgehead atoms. The summed E-state index contributed by atoms with van der Waals surface area (Å²) in [5.74, 6) is 0.991. The molecule has 1 aliphatic carbocycles. The second-order valence-electron chi connectivity index (χ2n) is 4.46. The molecule has 1 atom stereocenters. The normalized spacial score (nSPS) is 17.8. The standard InChI is InChI=1S/C14H14BrNOS/c15-14-7-4-9(18-14)8-17-13-3-1-2-10-11(13)5-6-12(10)16/h1-4,7,12H,5-6,8,16H2. The number of hydrogen-bond acceptors (Lipinski definition) is 3. The van der Waals surface area contributed by atoms with Crippen molar-refractivity contribution in [1.82, 2.24) is 0 Å². The summed E-state index contributed by atoms with van der Waals surface area (Å²) >= 11 is 5.17. The number of ether oxygens (including phenoxy) is 1. The van der Waals surface area contributed by atoms with Gasteiger partial charge in [-0.1, -0.05) is 12.1 Å². The predicted octanol–water partition coefficient (Wildman–Crippen LogP) is 4.04. The highest BCUT2D eigenvalue weighted by Gasteiger charge is 2.22. The van der Waals surface area contributed by atoms with Crippen LogP contribution in [0, 0.1) is 0 Å². The van der Waals surface area contributed by atoms with Gasteiger partial charge in [0, 0.05) is 10.9 Å². The number of fused-ring (bicyclic) bond motifs is 1. The molecule has 1 aromatic carbocycles. The minimum absolute atomic E-state index is 0.180. The molecule has 1 aromatic heterocycles. The van der Waals surface area contributed by atoms with Gasteiger partial charge in [-0.05, 0) is 58.1 Å². The van der Waals surface area contributed by atoms with Crippen LogP contribution in [0.25, 0.3) is 0 Å². The molecule has 2 nitrogen and oxygen atoms in total. The van der Waals surface area contributed by atoms with Gasteiger partial charge in [0.05, 0.1) is 3.79 Å². The quantitative estimate of drug-likeness (QED) is 0.925. The number of thiophene rings is 1. The maximum atomic E-state index is 6.07. The molecule has 0 saturated carbocycles. The van der Waals surface area contributed by atoms with Crippen LogP contribution < -0.4 is 10.5 Å². The van der Waals surface area contributed by atoms with E-state index in [1.807, 2.05) is 12.1 Å². The van der Waals surface area contributed by atoms with E-state index in [0.29, 0.717) is 6.61 Å². The molecule has 0 saturated heterocycles. The molecule has 0 aliphatic heterocycles. The largest absolute Gasteiger partial charge is 0.488 e. The summed E-state index contributed by atoms with van der Waals surface area (Å²) in [7, 11) is 0. The van der Waals surface area contributed by atoms with Crippen LogP contribution in [0.2, 0.25) is 0 Å². The zero-order chi connectivity index (χ0) is 12.5. The van der Waals surface area contributed by atoms with Crippen molar-refractivity contribution in [3.05, 3.63) is 50.1 Å². The van der Waals surface area contributed by atoms with E-state index in [9.17, 15) is 0 Å². The number of benzene rings is 1. The topological polar surface area (TPSA) is 35.2 Å². The summed E-state index contributed by atoms with van der Waals surface area (Å²) in [6.07, 6.45) is 2.06. The SMILES string of the molecule is NC1CCc2c(OCc3ccc(Br)s3)cccc21. The van der Waals surface area contributed by atoms with E-state index in [1.54, 1.807) is 11.3 Å². The van der Waals surface area contributed by atoms with E-state index in [4.69, 9.17) is 10.5 Å². The van der Waals surface area contributed by atoms with E-state index in [-0.39, 0.29) is 6.04 Å². The molecule has 0 spiro atoms. The van der Waals surface area contributed by atoms with E-state index in [2.05, 4.69) is 34.1 Å². The zero-order valence-corrected chi connectivity index (χ0v) is 12.3. The third kappa shape index (κ3) is 2.32. The van der Waals surface area contributed by atoms with Crippen molar-refractivity contribution in [1.29, 1.82) is 0 Å². The van der Waals surface area contributed by atoms with Crippen LogP contribution in [0.15, 0.2) is 34.1 Å². The van der Waals surface area contributed by atoms with Crippen LogP contribution in [-0.2, 0) is 13.0 Å². The van der Waals surface area contributed by atoms with Gasteiger partial charge in [0.1, 0.15) is 12.4 Å². The first kappa shape index (κ1) is 12.2. The van der Waals surface area contributed by atoms with Crippen molar-refractivity contribution in [3.63, 3.8) is 0 Å². The summed E-state index contributed by atoms with van der Waals surface area (Å²) in [4.78, 5) is 1.22. The molecule has 4 heteroatoms. The average molecular weight is 324 g/mol. The van der Waals surface area contributed by atoms with Gasteiger partial charge < -0.3 is 10.5 Å². The Morgan fingerprint density at radius 1 is 1.33 bits per heavy atom. The minimum atomic E-state index is 0.180. The van der Waals surface area contributed by atoms with Crippen LogP contribution in [0.4, 0.5) is 0 Å². The Morgan fingerprint density at radius 3 is 3.00 bits per heavy atom. The Kier molecular flexibility index (Phi) is 3.41. The Labute approximate surface area is 119 Å². The molecule has 18 heavy (non-hydrogen) atoms. The first-order valence-electron chi connectivity index (χ1n) is 5.98. The molecule has 0 radical (unpaired) electrons. The monoisotopic (exact) mass is 323 g/mol. The van der Waals surface area contributed by atoms with Gasteiger partial charge in [-0.25, -0.2) is 0 Å². The van der Waals surface area contributed by atoms with Gasteiger partial charge in [0.25, 0.3) is 0 Å². The fourth-order valence-electron chi connectivity index (χ4n) is 2.37. The average Bonchev–Trinajstić information content (AvgIpc) is 2.94. The van der Waals surface area contributed by atoms with Crippen molar-refractivity contribution < 1.29 is 4.74 Å². The lowest BCUT2D eigenvalue weighted by Gasteiger charge is -2.10. The number of nitrogens with two attached hydrogens (primary N) is 1. The van der Waals surface area contributed by atoms with Crippen LogP contribution >= 0.6 is 27.3 Å². The van der Waals surface area contributed by atoms with Crippen LogP contribution in [0.3, 0.4) is 0 Å². The summed E-state index contributed by atoms with van der Waals surface area (Å²) in [5.41, 5.74) is 8.61. The van der Waals surface area contributed by atoms with E-state index in [0.717, 1.165) is 22.4 Å². The van der Waals surface area contributed by atoms with Gasteiger partial charge in [-0.2, -0.15) is 0 Å². The number of hydrogen-bond donors (Lipinski definition) is 1. The highest BCUT2D eigenvalue weighted by Crippen LogP contribution is 2.36. The number of rotatable bonds is 3. The van der Waals surface area contributed by atoms with E-state index in [1.165, 1.54) is 16.0 Å². The van der Waals surface area contributed by atoms with Crippen LogP contribution in [-0.4, -0.2) is 0 Å². The Balaban J connectivity index is 1.78. The van der Waals surface area contributed by atoms with Gasteiger partial charge >= 0.3 is 0 Å². The van der Waals surface area contributed by atoms with E-state index >= 15 is 0 Å². The molecule has 1 aliphatic rings. The predicted molar refractivity (Wildman–Crippen MR) is 78.0 cm³/mol. The third-order valence-corrected chi connectivity index (χ3v) is 4.87. The molecule has 1 heterocycles. The summed E-state index contributed by atoms with van der Waals surface area (Å²) in [6, 6.07) is 10.5. The van der Waals surface area contributed by atoms with Crippen molar-refractivity contribution in [2.75, 3.05) is 0 Å². The van der Waals surface area contributed by atoms with Crippen molar-refractivity contribution in [2.45, 2.75) is 25.5 Å². The lowest BCUT2D eigenvalue weighted by Crippen LogP contribution is -2.05. The van der Waals surface area contributed by atoms with Gasteiger partial charge in [-0.15, -0.1) is 11.3 Å². The Hall–Kier alpha value is -0.840. The second-order valence-corrected chi connectivity index (χ2v) is 7.01. The van der Waals surface area contributed by atoms with Gasteiger partial charge in [0.2, 0.25) is 0 Å². The molecule has 0 fully saturated rings. The van der Waals surface area contributed by atoms with Gasteiger partial charge in [0.15, 0.2) is 0 Å². The second kappa shape index (κ2) is 5.03. The zero-order valence-electron chi connectivity index (χ0n) is 9.86. The summed E-state index contributed by atoms with van der Waals surface area (Å²) in [5, 5.41) is 0. The molecular weight excluding hydrogens is 310 g/mol. The highest BCUT2D eigenvalue weighted by molar-refractivity contribution is 9.11. The Morgan fingerprint density at radius 2 is 2.22 bits per heavy atom. The maximum absolute atomic E-state index is 6.07. The molecule has 2 N–H and O–H groups in total. The highest BCUT2D eigenvalue weighted by atomic mass is 79.9. The lowest BCUT2D eigenvalue weighted by molar-refractivity contribution is 0.307. The summed E-state index contributed by atoms with van der Waals surface area (Å²) in [6.45, 7) is 0.627. The molecule has 0 amide bonds. The smallest absolute Gasteiger partial charge is 0.123 e. The van der Waals surface area contributed by atoms with Crippen molar-refractivity contribution in [3.8, 4) is 5.75 Å². The summed E-state index contributed by atoms with van der Waals surface area (Å²) < 4.78 is 7.07. The van der Waals surface area contributed by atoms with Gasteiger partial charge in [-0.3, -0.25) is 0 Å². The lowest BCUT2D eigenvalue weighted by atomic mass is 10.1. The minimum Gasteiger partial charge on any atom is -0.488 e. The van der Waals surface area contributed by atoms with E-state index < -0.39 is 0 Å². The van der Waals surface area contributed by atoms with Crippen LogP contribution in [0.5, 0.6) is 5.75 Å². The first-order valence-corrected chi connectivity index (χ1v) is 7.59. The third-order valence-electron chi connectivity index (χ3n) is 3.27. The molecule has 2 aromatic rings. The first-order chi connectivity index (χ1) is 8.74. The van der Waals surface area contributed by atoms with Crippen molar-refractivity contribution >= 4 is 27.3 Å². The number of halogens is 1. The van der Waals surface area contributed by atoms with Crippen LogP contribution in [0.1, 0.15) is 28.5 Å². The Bertz CT molecular complexity index is 567. The molecular formula is C14H14BrNOS. The molecule has 94 valence electrons. The molecule has 1 unspecified atom stereocenters. The van der Waals surface area contributed by atoms with Crippen molar-refractivity contribution in [2.24, 2.45) is 5.73 Å². The maximum Gasteiger partial charge on any atom is 0.123 e. The molecule has 3 rings (SSSR count). The fraction of sp³-hybridized carbons (Fsp3) is 0.286. The fourth-order valence-corrected chi connectivity index (χ4v) is 3.76.